The molecule has 0 bridgehead atoms. The van der Waals surface area contributed by atoms with Gasteiger partial charge in [0.05, 0.1) is 22.1 Å². The largest absolute Gasteiger partial charge is 0.458 e. The van der Waals surface area contributed by atoms with E-state index >= 15 is 0 Å². The molecule has 9 aromatic carbocycles. The van der Waals surface area contributed by atoms with E-state index < -0.39 is 0 Å². The van der Waals surface area contributed by atoms with E-state index in [0.29, 0.717) is 0 Å². The Balaban J connectivity index is 1.15. The number of fused-ring (bicyclic) bond motifs is 12. The van der Waals surface area contributed by atoms with Gasteiger partial charge in [0.1, 0.15) is 23.0 Å². The predicted molar refractivity (Wildman–Crippen MR) is 236 cm³/mol. The number of rotatable bonds is 3. The highest BCUT2D eigenvalue weighted by Crippen LogP contribution is 2.46. The molecule has 0 N–H and O–H groups in total. The zero-order valence-corrected chi connectivity index (χ0v) is 30.7. The first kappa shape index (κ1) is 30.8. The monoisotopic (exact) mass is 726 g/mol. The molecule has 0 fully saturated rings. The van der Waals surface area contributed by atoms with Crippen LogP contribution in [0.5, 0.6) is 23.0 Å². The quantitative estimate of drug-likeness (QED) is 0.170. The number of benzene rings is 9. The van der Waals surface area contributed by atoms with E-state index in [1.165, 1.54) is 26.9 Å². The first-order chi connectivity index (χ1) is 28.3. The van der Waals surface area contributed by atoms with Crippen LogP contribution in [0.25, 0.3) is 76.9 Å². The topological polar surface area (TPSA) is 28.3 Å². The molecule has 2 aliphatic heterocycles. The summed E-state index contributed by atoms with van der Waals surface area (Å²) in [5.74, 6) is 3.41. The highest BCUT2D eigenvalue weighted by atomic mass is 16.5. The van der Waals surface area contributed by atoms with E-state index in [9.17, 15) is 0 Å². The van der Waals surface area contributed by atoms with Gasteiger partial charge in [0.25, 0.3) is 6.71 Å². The van der Waals surface area contributed by atoms with Crippen molar-refractivity contribution in [3.8, 4) is 45.5 Å². The smallest absolute Gasteiger partial charge is 0.260 e. The SMILES string of the molecule is c1ccc(-n2c3ccccc3c3cc4c(cc32)Oc2c(-c3cccc5ccccc35)ccc3c2B4c2ccc4c5ccccc5n(-c5ccccc5)c4c2O3)cc1. The van der Waals surface area contributed by atoms with Crippen molar-refractivity contribution in [1.82, 2.24) is 9.13 Å². The Labute approximate surface area is 328 Å². The summed E-state index contributed by atoms with van der Waals surface area (Å²) in [6.07, 6.45) is 0. The lowest BCUT2D eigenvalue weighted by Crippen LogP contribution is -2.57. The Kier molecular flexibility index (Phi) is 6.22. The van der Waals surface area contributed by atoms with Crippen LogP contribution in [0.1, 0.15) is 0 Å². The van der Waals surface area contributed by atoms with Gasteiger partial charge in [-0.3, -0.25) is 0 Å². The molecule has 57 heavy (non-hydrogen) atoms. The minimum Gasteiger partial charge on any atom is -0.458 e. The van der Waals surface area contributed by atoms with Crippen LogP contribution in [-0.4, -0.2) is 15.8 Å². The average molecular weight is 727 g/mol. The van der Waals surface area contributed by atoms with Crippen LogP contribution in [0.2, 0.25) is 0 Å². The number of nitrogens with zero attached hydrogens (tertiary/aromatic N) is 2. The van der Waals surface area contributed by atoms with Gasteiger partial charge in [0, 0.05) is 50.0 Å². The van der Waals surface area contributed by atoms with Gasteiger partial charge in [-0.25, -0.2) is 0 Å². The van der Waals surface area contributed by atoms with E-state index in [2.05, 4.69) is 197 Å². The zero-order valence-electron chi connectivity index (χ0n) is 30.7. The summed E-state index contributed by atoms with van der Waals surface area (Å²) in [7, 11) is 0. The Bertz CT molecular complexity index is 3470. The standard InChI is InChI=1S/C52H31BN2O2/c1-3-16-33(17-4-1)54-44-24-11-10-22-38(44)41-30-43-48(31-46(41)54)57-51-40(36-23-13-15-32-14-7-8-20-35(32)36)27-29-47-49(51)53(43)42-28-26-39-37-21-9-12-25-45(37)55(50(39)52(42)56-47)34-18-5-2-6-19-34/h1-31H. The molecular formula is C52H31BN2O2. The van der Waals surface area contributed by atoms with Crippen molar-refractivity contribution in [3.05, 3.63) is 188 Å². The second kappa shape index (κ2) is 11.5. The molecule has 13 rings (SSSR count). The summed E-state index contributed by atoms with van der Waals surface area (Å²) >= 11 is 0. The maximum absolute atomic E-state index is 7.30. The minimum absolute atomic E-state index is 0.146. The van der Waals surface area contributed by atoms with Gasteiger partial charge in [0.2, 0.25) is 0 Å². The number of hydrogen-bond donors (Lipinski definition) is 0. The summed E-state index contributed by atoms with van der Waals surface area (Å²) < 4.78 is 19.3. The third-order valence-corrected chi connectivity index (χ3v) is 12.2. The third kappa shape index (κ3) is 4.23. The molecule has 264 valence electrons. The molecule has 0 radical (unpaired) electrons. The van der Waals surface area contributed by atoms with Gasteiger partial charge in [0.15, 0.2) is 0 Å². The summed E-state index contributed by atoms with van der Waals surface area (Å²) in [5.41, 5.74) is 12.2. The molecule has 4 nitrogen and oxygen atoms in total. The molecule has 2 aromatic heterocycles. The Morgan fingerprint density at radius 2 is 1.00 bits per heavy atom. The molecule has 0 unspecified atom stereocenters. The maximum atomic E-state index is 7.30. The van der Waals surface area contributed by atoms with Crippen molar-refractivity contribution in [2.24, 2.45) is 0 Å². The van der Waals surface area contributed by atoms with Gasteiger partial charge >= 0.3 is 0 Å². The highest BCUT2D eigenvalue weighted by Gasteiger charge is 2.43. The van der Waals surface area contributed by atoms with Crippen LogP contribution in [0.4, 0.5) is 0 Å². The van der Waals surface area contributed by atoms with E-state index in [0.717, 1.165) is 89.3 Å². The van der Waals surface area contributed by atoms with Crippen LogP contribution in [0.3, 0.4) is 0 Å². The molecule has 0 amide bonds. The summed E-state index contributed by atoms with van der Waals surface area (Å²) in [6.45, 7) is -0.146. The van der Waals surface area contributed by atoms with Crippen molar-refractivity contribution < 1.29 is 9.47 Å². The van der Waals surface area contributed by atoms with Crippen LogP contribution in [0, 0.1) is 0 Å². The predicted octanol–water partition coefficient (Wildman–Crippen LogP) is 11.4. The molecule has 2 aliphatic rings. The first-order valence-corrected chi connectivity index (χ1v) is 19.5. The highest BCUT2D eigenvalue weighted by molar-refractivity contribution is 6.98. The fourth-order valence-corrected chi connectivity index (χ4v) is 9.83. The van der Waals surface area contributed by atoms with Gasteiger partial charge in [-0.2, -0.15) is 0 Å². The number of ether oxygens (including phenoxy) is 2. The normalized spacial score (nSPS) is 12.8. The number of hydrogen-bond acceptors (Lipinski definition) is 2. The average Bonchev–Trinajstić information content (AvgIpc) is 3.79. The van der Waals surface area contributed by atoms with Crippen molar-refractivity contribution >= 4 is 77.5 Å². The van der Waals surface area contributed by atoms with Crippen LogP contribution in [-0.2, 0) is 0 Å². The zero-order chi connectivity index (χ0) is 37.2. The van der Waals surface area contributed by atoms with E-state index in [4.69, 9.17) is 9.47 Å². The van der Waals surface area contributed by atoms with Crippen molar-refractivity contribution in [3.63, 3.8) is 0 Å². The fourth-order valence-electron chi connectivity index (χ4n) is 9.83. The van der Waals surface area contributed by atoms with Gasteiger partial charge in [-0.05, 0) is 75.8 Å². The van der Waals surface area contributed by atoms with Gasteiger partial charge < -0.3 is 18.6 Å². The van der Waals surface area contributed by atoms with Gasteiger partial charge in [-0.15, -0.1) is 0 Å². The second-order valence-corrected chi connectivity index (χ2v) is 15.2. The van der Waals surface area contributed by atoms with Crippen LogP contribution >= 0.6 is 0 Å². The van der Waals surface area contributed by atoms with E-state index in [1.54, 1.807) is 0 Å². The molecule has 0 saturated carbocycles. The lowest BCUT2D eigenvalue weighted by atomic mass is 9.34. The van der Waals surface area contributed by atoms with Crippen LogP contribution < -0.4 is 25.9 Å². The lowest BCUT2D eigenvalue weighted by molar-refractivity contribution is 0.468. The summed E-state index contributed by atoms with van der Waals surface area (Å²) in [5, 5.41) is 7.15. The molecular weight excluding hydrogens is 695 g/mol. The molecule has 5 heteroatoms. The molecule has 4 heterocycles. The van der Waals surface area contributed by atoms with Crippen molar-refractivity contribution in [2.45, 2.75) is 0 Å². The molecule has 0 spiro atoms. The minimum atomic E-state index is -0.146. The molecule has 0 atom stereocenters. The Hall–Kier alpha value is -7.50. The van der Waals surface area contributed by atoms with Crippen molar-refractivity contribution in [1.29, 1.82) is 0 Å². The van der Waals surface area contributed by atoms with Crippen LogP contribution in [0.15, 0.2) is 188 Å². The molecule has 11 aromatic rings. The lowest BCUT2D eigenvalue weighted by Gasteiger charge is -2.34. The molecule has 0 saturated heterocycles. The van der Waals surface area contributed by atoms with Gasteiger partial charge in [-0.1, -0.05) is 133 Å². The van der Waals surface area contributed by atoms with E-state index in [1.807, 2.05) is 0 Å². The summed E-state index contributed by atoms with van der Waals surface area (Å²) in [6, 6.07) is 67.4. The molecule has 0 aliphatic carbocycles. The fraction of sp³-hybridized carbons (Fsp3) is 0. The third-order valence-electron chi connectivity index (χ3n) is 12.2. The van der Waals surface area contributed by atoms with Crippen molar-refractivity contribution in [2.75, 3.05) is 0 Å². The second-order valence-electron chi connectivity index (χ2n) is 15.2. The number of aromatic nitrogens is 2. The summed E-state index contributed by atoms with van der Waals surface area (Å²) in [4.78, 5) is 0. The maximum Gasteiger partial charge on any atom is 0.260 e. The Morgan fingerprint density at radius 1 is 0.368 bits per heavy atom. The van der Waals surface area contributed by atoms with E-state index in [-0.39, 0.29) is 6.71 Å². The number of para-hydroxylation sites is 4. The Morgan fingerprint density at radius 3 is 1.79 bits per heavy atom. The first-order valence-electron chi connectivity index (χ1n) is 19.5.